The minimum Gasteiger partial charge on any atom is -0.373 e. The fraction of sp³-hybridized carbons (Fsp3) is 0.227. The van der Waals surface area contributed by atoms with E-state index in [9.17, 15) is 19.5 Å². The lowest BCUT2D eigenvalue weighted by molar-refractivity contribution is -0.121. The van der Waals surface area contributed by atoms with Gasteiger partial charge in [-0.15, -0.1) is 0 Å². The molecule has 2 aliphatic heterocycles. The summed E-state index contributed by atoms with van der Waals surface area (Å²) in [6.07, 6.45) is 2.88. The van der Waals surface area contributed by atoms with Crippen LogP contribution >= 0.6 is 0 Å². The Balaban J connectivity index is 1.46. The lowest BCUT2D eigenvalue weighted by atomic mass is 10.0. The normalized spacial score (nSPS) is 21.9. The largest absolute Gasteiger partial charge is 0.373 e. The fourth-order valence-electron chi connectivity index (χ4n) is 3.63. The molecule has 2 atom stereocenters. The molecule has 1 N–H and O–H groups in total. The van der Waals surface area contributed by atoms with Crippen molar-refractivity contribution in [1.29, 1.82) is 0 Å². The number of benzene rings is 2. The standard InChI is InChI=1S/C22H20N2O4/c1-14-12-21(27)24(22(14)28)18-8-4-16(5-9-18)13-15-2-6-17(7-3-15)23-19(25)10-11-20(23)26/h2-11,14,21,27H,12-13H2,1H3. The van der Waals surface area contributed by atoms with Gasteiger partial charge in [0.15, 0.2) is 0 Å². The van der Waals surface area contributed by atoms with Gasteiger partial charge in [0, 0.05) is 30.2 Å². The van der Waals surface area contributed by atoms with Crippen LogP contribution in [0.5, 0.6) is 0 Å². The molecule has 0 aromatic heterocycles. The number of aliphatic hydroxyl groups excluding tert-OH is 1. The molecule has 0 spiro atoms. The van der Waals surface area contributed by atoms with Crippen molar-refractivity contribution >= 4 is 29.1 Å². The number of aliphatic hydroxyl groups is 1. The van der Waals surface area contributed by atoms with Gasteiger partial charge in [-0.1, -0.05) is 31.2 Å². The highest BCUT2D eigenvalue weighted by atomic mass is 16.3. The zero-order valence-corrected chi connectivity index (χ0v) is 15.4. The number of hydrogen-bond acceptors (Lipinski definition) is 4. The van der Waals surface area contributed by atoms with Crippen LogP contribution in [-0.4, -0.2) is 29.1 Å². The van der Waals surface area contributed by atoms with Gasteiger partial charge < -0.3 is 5.11 Å². The van der Waals surface area contributed by atoms with E-state index in [0.717, 1.165) is 16.0 Å². The average Bonchev–Trinajstić information content (AvgIpc) is 3.14. The van der Waals surface area contributed by atoms with Crippen LogP contribution in [0.25, 0.3) is 0 Å². The molecule has 2 heterocycles. The molecule has 2 aliphatic rings. The zero-order chi connectivity index (χ0) is 19.8. The summed E-state index contributed by atoms with van der Waals surface area (Å²) in [7, 11) is 0. The second-order valence-corrected chi connectivity index (χ2v) is 7.18. The average molecular weight is 376 g/mol. The summed E-state index contributed by atoms with van der Waals surface area (Å²) in [6, 6.07) is 14.8. The number of carbonyl (C=O) groups is 3. The van der Waals surface area contributed by atoms with Gasteiger partial charge in [-0.2, -0.15) is 0 Å². The van der Waals surface area contributed by atoms with E-state index in [2.05, 4.69) is 0 Å². The van der Waals surface area contributed by atoms with Crippen LogP contribution in [0, 0.1) is 5.92 Å². The predicted molar refractivity (Wildman–Crippen MR) is 105 cm³/mol. The first-order chi connectivity index (χ1) is 13.4. The predicted octanol–water partition coefficient (Wildman–Crippen LogP) is 2.40. The van der Waals surface area contributed by atoms with Crippen molar-refractivity contribution in [2.75, 3.05) is 9.80 Å². The summed E-state index contributed by atoms with van der Waals surface area (Å²) < 4.78 is 0. The fourth-order valence-corrected chi connectivity index (χ4v) is 3.63. The van der Waals surface area contributed by atoms with Gasteiger partial charge in [-0.25, -0.2) is 4.90 Å². The number of hydrogen-bond donors (Lipinski definition) is 1. The molecule has 0 radical (unpaired) electrons. The number of nitrogens with zero attached hydrogens (tertiary/aromatic N) is 2. The Bertz CT molecular complexity index is 945. The molecule has 3 amide bonds. The van der Waals surface area contributed by atoms with Gasteiger partial charge in [0.05, 0.1) is 5.69 Å². The number of imide groups is 1. The van der Waals surface area contributed by atoms with E-state index in [0.29, 0.717) is 24.2 Å². The monoisotopic (exact) mass is 376 g/mol. The van der Waals surface area contributed by atoms with E-state index in [4.69, 9.17) is 0 Å². The molecule has 0 saturated carbocycles. The van der Waals surface area contributed by atoms with Crippen molar-refractivity contribution in [2.45, 2.75) is 26.0 Å². The highest BCUT2D eigenvalue weighted by molar-refractivity contribution is 6.28. The first kappa shape index (κ1) is 18.1. The third-order valence-corrected chi connectivity index (χ3v) is 5.15. The Morgan fingerprint density at radius 2 is 1.36 bits per heavy atom. The quantitative estimate of drug-likeness (QED) is 0.832. The smallest absolute Gasteiger partial charge is 0.258 e. The van der Waals surface area contributed by atoms with Gasteiger partial charge in [-0.3, -0.25) is 19.3 Å². The molecule has 1 saturated heterocycles. The molecular formula is C22H20N2O4. The van der Waals surface area contributed by atoms with E-state index in [1.54, 1.807) is 12.1 Å². The maximum Gasteiger partial charge on any atom is 0.258 e. The van der Waals surface area contributed by atoms with Gasteiger partial charge in [0.1, 0.15) is 6.23 Å². The lowest BCUT2D eigenvalue weighted by Crippen LogP contribution is -2.33. The third-order valence-electron chi connectivity index (χ3n) is 5.15. The maximum atomic E-state index is 12.2. The highest BCUT2D eigenvalue weighted by Gasteiger charge is 2.36. The lowest BCUT2D eigenvalue weighted by Gasteiger charge is -2.21. The van der Waals surface area contributed by atoms with Gasteiger partial charge in [0.25, 0.3) is 11.8 Å². The van der Waals surface area contributed by atoms with Crippen LogP contribution in [-0.2, 0) is 20.8 Å². The van der Waals surface area contributed by atoms with Crippen LogP contribution < -0.4 is 9.80 Å². The van der Waals surface area contributed by atoms with Crippen molar-refractivity contribution in [3.8, 4) is 0 Å². The Kier molecular flexibility index (Phi) is 4.57. The van der Waals surface area contributed by atoms with Crippen molar-refractivity contribution < 1.29 is 19.5 Å². The van der Waals surface area contributed by atoms with Gasteiger partial charge in [0.2, 0.25) is 5.91 Å². The van der Waals surface area contributed by atoms with Crippen LogP contribution in [0.4, 0.5) is 11.4 Å². The summed E-state index contributed by atoms with van der Waals surface area (Å²) in [4.78, 5) is 38.3. The van der Waals surface area contributed by atoms with Crippen molar-refractivity contribution in [3.63, 3.8) is 0 Å². The first-order valence-corrected chi connectivity index (χ1v) is 9.19. The third kappa shape index (κ3) is 3.23. The second kappa shape index (κ2) is 7.05. The zero-order valence-electron chi connectivity index (χ0n) is 15.4. The summed E-state index contributed by atoms with van der Waals surface area (Å²) in [5, 5.41) is 10.1. The molecule has 0 aliphatic carbocycles. The minimum absolute atomic E-state index is 0.0589. The molecule has 4 rings (SSSR count). The van der Waals surface area contributed by atoms with Gasteiger partial charge >= 0.3 is 0 Å². The minimum atomic E-state index is -0.772. The van der Waals surface area contributed by atoms with Crippen LogP contribution in [0.15, 0.2) is 60.7 Å². The highest BCUT2D eigenvalue weighted by Crippen LogP contribution is 2.29. The van der Waals surface area contributed by atoms with Crippen LogP contribution in [0.3, 0.4) is 0 Å². The molecule has 2 aromatic carbocycles. The van der Waals surface area contributed by atoms with E-state index in [-0.39, 0.29) is 23.6 Å². The summed E-state index contributed by atoms with van der Waals surface area (Å²) >= 11 is 0. The number of amides is 3. The molecule has 142 valence electrons. The topological polar surface area (TPSA) is 77.9 Å². The summed E-state index contributed by atoms with van der Waals surface area (Å²) in [5.74, 6) is -0.892. The van der Waals surface area contributed by atoms with Gasteiger partial charge in [-0.05, 0) is 41.8 Å². The van der Waals surface area contributed by atoms with E-state index < -0.39 is 6.23 Å². The Labute approximate surface area is 162 Å². The maximum absolute atomic E-state index is 12.2. The molecule has 2 unspecified atom stereocenters. The Morgan fingerprint density at radius 1 is 0.857 bits per heavy atom. The van der Waals surface area contributed by atoms with Crippen molar-refractivity contribution in [3.05, 3.63) is 71.8 Å². The molecule has 2 aromatic rings. The molecular weight excluding hydrogens is 356 g/mol. The second-order valence-electron chi connectivity index (χ2n) is 7.18. The van der Waals surface area contributed by atoms with E-state index in [1.807, 2.05) is 43.3 Å². The Hall–Kier alpha value is -3.25. The molecule has 0 bridgehead atoms. The van der Waals surface area contributed by atoms with E-state index >= 15 is 0 Å². The summed E-state index contributed by atoms with van der Waals surface area (Å²) in [5.41, 5.74) is 3.34. The number of anilines is 2. The number of rotatable bonds is 4. The molecule has 6 nitrogen and oxygen atoms in total. The van der Waals surface area contributed by atoms with Crippen LogP contribution in [0.1, 0.15) is 24.5 Å². The molecule has 28 heavy (non-hydrogen) atoms. The van der Waals surface area contributed by atoms with Crippen molar-refractivity contribution in [1.82, 2.24) is 0 Å². The molecule has 1 fully saturated rings. The first-order valence-electron chi connectivity index (χ1n) is 9.19. The van der Waals surface area contributed by atoms with Crippen molar-refractivity contribution in [2.24, 2.45) is 5.92 Å². The Morgan fingerprint density at radius 3 is 1.82 bits per heavy atom. The number of carbonyl (C=O) groups excluding carboxylic acids is 3. The summed E-state index contributed by atoms with van der Waals surface area (Å²) in [6.45, 7) is 1.82. The van der Waals surface area contributed by atoms with E-state index in [1.165, 1.54) is 17.1 Å². The molecule has 6 heteroatoms. The SMILES string of the molecule is CC1CC(O)N(c2ccc(Cc3ccc(N4C(=O)C=CC4=O)cc3)cc2)C1=O. The van der Waals surface area contributed by atoms with Crippen LogP contribution in [0.2, 0.25) is 0 Å².